The number of hydrogen-bond donors (Lipinski definition) is 2. The van der Waals surface area contributed by atoms with E-state index >= 15 is 0 Å². The zero-order valence-electron chi connectivity index (χ0n) is 5.40. The van der Waals surface area contributed by atoms with Crippen molar-refractivity contribution in [1.82, 2.24) is 9.55 Å². The first kappa shape index (κ1) is 6.60. The third-order valence-electron chi connectivity index (χ3n) is 1.11. The predicted octanol–water partition coefficient (Wildman–Crippen LogP) is 0.300. The maximum atomic E-state index is 10.3. The van der Waals surface area contributed by atoms with Gasteiger partial charge in [-0.15, -0.1) is 0 Å². The summed E-state index contributed by atoms with van der Waals surface area (Å²) in [7, 11) is 0. The fourth-order valence-corrected chi connectivity index (χ4v) is 0.689. The van der Waals surface area contributed by atoms with Gasteiger partial charge in [-0.1, -0.05) is 0 Å². The average molecular weight is 141 g/mol. The van der Waals surface area contributed by atoms with Gasteiger partial charge in [0.1, 0.15) is 11.6 Å². The zero-order valence-corrected chi connectivity index (χ0v) is 5.40. The normalized spacial score (nSPS) is 9.70. The van der Waals surface area contributed by atoms with Gasteiger partial charge in [-0.25, -0.2) is 14.3 Å². The van der Waals surface area contributed by atoms with E-state index in [-0.39, 0.29) is 5.82 Å². The maximum absolute atomic E-state index is 10.3. The van der Waals surface area contributed by atoms with Crippen LogP contribution < -0.4 is 5.73 Å². The summed E-state index contributed by atoms with van der Waals surface area (Å²) >= 11 is 0. The molecular formula is C5H7N3O2. The highest BCUT2D eigenvalue weighted by atomic mass is 16.4. The number of aryl methyl sites for hydroxylation is 1. The number of hydrogen-bond acceptors (Lipinski definition) is 3. The molecule has 0 aliphatic rings. The van der Waals surface area contributed by atoms with Gasteiger partial charge in [0.15, 0.2) is 0 Å². The van der Waals surface area contributed by atoms with Crippen LogP contribution in [-0.2, 0) is 0 Å². The van der Waals surface area contributed by atoms with Gasteiger partial charge in [0, 0.05) is 0 Å². The maximum Gasteiger partial charge on any atom is 0.417 e. The summed E-state index contributed by atoms with van der Waals surface area (Å²) in [6, 6.07) is 0. The summed E-state index contributed by atoms with van der Waals surface area (Å²) in [6.07, 6.45) is 0.194. The second-order valence-electron chi connectivity index (χ2n) is 1.87. The molecule has 5 nitrogen and oxygen atoms in total. The van der Waals surface area contributed by atoms with Gasteiger partial charge in [0.05, 0.1) is 6.20 Å². The standard InChI is InChI=1S/C5H7N3O2/c1-3-7-4(6)2-8(3)5(9)10/h2H,6H2,1H3,(H,9,10). The fraction of sp³-hybridized carbons (Fsp3) is 0.200. The molecular weight excluding hydrogens is 134 g/mol. The number of anilines is 1. The molecule has 0 spiro atoms. The molecule has 0 saturated heterocycles. The lowest BCUT2D eigenvalue weighted by Gasteiger charge is -1.92. The van der Waals surface area contributed by atoms with Crippen molar-refractivity contribution in [2.75, 3.05) is 5.73 Å². The minimum absolute atomic E-state index is 0.222. The molecule has 1 aromatic heterocycles. The fourth-order valence-electron chi connectivity index (χ4n) is 0.689. The second-order valence-corrected chi connectivity index (χ2v) is 1.87. The Morgan fingerprint density at radius 1 is 1.90 bits per heavy atom. The Bertz CT molecular complexity index is 266. The lowest BCUT2D eigenvalue weighted by Crippen LogP contribution is -2.07. The molecule has 0 unspecified atom stereocenters. The Kier molecular flexibility index (Phi) is 1.33. The highest BCUT2D eigenvalue weighted by Gasteiger charge is 2.05. The van der Waals surface area contributed by atoms with Crippen molar-refractivity contribution in [3.63, 3.8) is 0 Å². The number of carbonyl (C=O) groups is 1. The third kappa shape index (κ3) is 0.928. The second kappa shape index (κ2) is 2.02. The van der Waals surface area contributed by atoms with E-state index in [0.717, 1.165) is 4.57 Å². The summed E-state index contributed by atoms with van der Waals surface area (Å²) in [5, 5.41) is 8.45. The van der Waals surface area contributed by atoms with Gasteiger partial charge >= 0.3 is 6.09 Å². The Hall–Kier alpha value is -1.52. The molecule has 0 aliphatic heterocycles. The Morgan fingerprint density at radius 2 is 2.50 bits per heavy atom. The van der Waals surface area contributed by atoms with Crippen LogP contribution in [0.15, 0.2) is 6.20 Å². The van der Waals surface area contributed by atoms with Gasteiger partial charge < -0.3 is 10.8 Å². The molecule has 10 heavy (non-hydrogen) atoms. The average Bonchev–Trinajstić information content (AvgIpc) is 2.10. The summed E-state index contributed by atoms with van der Waals surface area (Å²) in [5.41, 5.74) is 5.22. The number of nitrogen functional groups attached to an aromatic ring is 1. The van der Waals surface area contributed by atoms with Gasteiger partial charge in [-0.05, 0) is 6.92 Å². The molecule has 0 atom stereocenters. The summed E-state index contributed by atoms with van der Waals surface area (Å²) in [4.78, 5) is 14.0. The molecule has 0 saturated carbocycles. The molecule has 54 valence electrons. The molecule has 0 amide bonds. The predicted molar refractivity (Wildman–Crippen MR) is 34.8 cm³/mol. The van der Waals surface area contributed by atoms with Gasteiger partial charge in [-0.3, -0.25) is 0 Å². The Balaban J connectivity index is 3.15. The molecule has 5 heteroatoms. The van der Waals surface area contributed by atoms with Crippen LogP contribution in [0.3, 0.4) is 0 Å². The van der Waals surface area contributed by atoms with Gasteiger partial charge in [0.25, 0.3) is 0 Å². The smallest absolute Gasteiger partial charge is 0.417 e. The zero-order chi connectivity index (χ0) is 7.72. The highest BCUT2D eigenvalue weighted by molar-refractivity contribution is 5.69. The van der Waals surface area contributed by atoms with E-state index in [0.29, 0.717) is 5.82 Å². The number of aromatic nitrogens is 2. The van der Waals surface area contributed by atoms with E-state index in [9.17, 15) is 4.79 Å². The molecule has 1 aromatic rings. The molecule has 0 aromatic carbocycles. The van der Waals surface area contributed by atoms with Crippen molar-refractivity contribution in [3.8, 4) is 0 Å². The van der Waals surface area contributed by atoms with Crippen molar-refractivity contribution < 1.29 is 9.90 Å². The first-order chi connectivity index (χ1) is 4.61. The van der Waals surface area contributed by atoms with Crippen LogP contribution in [0.1, 0.15) is 5.82 Å². The first-order valence-corrected chi connectivity index (χ1v) is 2.66. The number of carboxylic acid groups (broad SMARTS) is 1. The molecule has 1 heterocycles. The van der Waals surface area contributed by atoms with E-state index in [4.69, 9.17) is 10.8 Å². The van der Waals surface area contributed by atoms with Crippen LogP contribution in [0.2, 0.25) is 0 Å². The van der Waals surface area contributed by atoms with E-state index in [1.807, 2.05) is 0 Å². The van der Waals surface area contributed by atoms with Crippen molar-refractivity contribution in [1.29, 1.82) is 0 Å². The number of imidazole rings is 1. The Morgan fingerprint density at radius 3 is 2.70 bits per heavy atom. The van der Waals surface area contributed by atoms with Crippen LogP contribution in [0.4, 0.5) is 10.6 Å². The van der Waals surface area contributed by atoms with Crippen LogP contribution in [0.25, 0.3) is 0 Å². The van der Waals surface area contributed by atoms with E-state index in [1.54, 1.807) is 6.92 Å². The van der Waals surface area contributed by atoms with E-state index in [2.05, 4.69) is 4.98 Å². The van der Waals surface area contributed by atoms with Crippen molar-refractivity contribution in [3.05, 3.63) is 12.0 Å². The van der Waals surface area contributed by atoms with Crippen LogP contribution in [0, 0.1) is 6.92 Å². The summed E-state index contributed by atoms with van der Waals surface area (Å²) in [6.45, 7) is 1.57. The van der Waals surface area contributed by atoms with Crippen LogP contribution in [-0.4, -0.2) is 20.8 Å². The lowest BCUT2D eigenvalue weighted by atomic mass is 10.7. The number of nitrogens with zero attached hydrogens (tertiary/aromatic N) is 2. The highest BCUT2D eigenvalue weighted by Crippen LogP contribution is 2.01. The van der Waals surface area contributed by atoms with Gasteiger partial charge in [-0.2, -0.15) is 0 Å². The van der Waals surface area contributed by atoms with E-state index < -0.39 is 6.09 Å². The number of nitrogens with two attached hydrogens (primary N) is 1. The lowest BCUT2D eigenvalue weighted by molar-refractivity contribution is 0.195. The largest absolute Gasteiger partial charge is 0.464 e. The van der Waals surface area contributed by atoms with Crippen molar-refractivity contribution >= 4 is 11.9 Å². The van der Waals surface area contributed by atoms with E-state index in [1.165, 1.54) is 6.20 Å². The minimum Gasteiger partial charge on any atom is -0.464 e. The molecule has 0 aliphatic carbocycles. The molecule has 0 radical (unpaired) electrons. The van der Waals surface area contributed by atoms with Crippen molar-refractivity contribution in [2.24, 2.45) is 0 Å². The minimum atomic E-state index is -1.07. The summed E-state index contributed by atoms with van der Waals surface area (Å²) in [5.74, 6) is 0.602. The van der Waals surface area contributed by atoms with Crippen molar-refractivity contribution in [2.45, 2.75) is 6.92 Å². The monoisotopic (exact) mass is 141 g/mol. The molecule has 0 fully saturated rings. The Labute approximate surface area is 57.1 Å². The molecule has 3 N–H and O–H groups in total. The molecule has 1 rings (SSSR count). The number of rotatable bonds is 0. The topological polar surface area (TPSA) is 81.1 Å². The quantitative estimate of drug-likeness (QED) is 0.544. The third-order valence-corrected chi connectivity index (χ3v) is 1.11. The SMILES string of the molecule is Cc1nc(N)cn1C(=O)O. The van der Waals surface area contributed by atoms with Gasteiger partial charge in [0.2, 0.25) is 0 Å². The van der Waals surface area contributed by atoms with Crippen LogP contribution >= 0.6 is 0 Å². The molecule has 0 bridgehead atoms. The first-order valence-electron chi connectivity index (χ1n) is 2.66. The van der Waals surface area contributed by atoms with Crippen LogP contribution in [0.5, 0.6) is 0 Å². The summed E-state index contributed by atoms with van der Waals surface area (Å²) < 4.78 is 0.968.